The second-order valence-electron chi connectivity index (χ2n) is 3.64. The summed E-state index contributed by atoms with van der Waals surface area (Å²) >= 11 is 0. The minimum atomic E-state index is -0.945. The fourth-order valence-electron chi connectivity index (χ4n) is 1.36. The normalized spacial score (nSPS) is 23.6. The van der Waals surface area contributed by atoms with Crippen LogP contribution in [0.15, 0.2) is 0 Å². The quantitative estimate of drug-likeness (QED) is 0.642. The van der Waals surface area contributed by atoms with Crippen LogP contribution < -0.4 is 5.43 Å². The van der Waals surface area contributed by atoms with Crippen molar-refractivity contribution in [2.45, 2.75) is 26.3 Å². The summed E-state index contributed by atoms with van der Waals surface area (Å²) in [5, 5.41) is 10.3. The van der Waals surface area contributed by atoms with Gasteiger partial charge in [-0.2, -0.15) is 0 Å². The molecule has 0 aromatic rings. The van der Waals surface area contributed by atoms with Crippen LogP contribution in [0.1, 0.15) is 20.3 Å². The van der Waals surface area contributed by atoms with Gasteiger partial charge in [0, 0.05) is 6.54 Å². The summed E-state index contributed by atoms with van der Waals surface area (Å²) in [5.41, 5.74) is 2.53. The molecule has 1 atom stereocenters. The largest absolute Gasteiger partial charge is 0.480 e. The van der Waals surface area contributed by atoms with Crippen molar-refractivity contribution in [3.8, 4) is 0 Å². The summed E-state index contributed by atoms with van der Waals surface area (Å²) in [5.74, 6) is -0.827. The molecule has 0 aromatic carbocycles. The van der Waals surface area contributed by atoms with E-state index in [1.54, 1.807) is 0 Å². The molecule has 5 nitrogen and oxygen atoms in total. The Labute approximate surface area is 76.7 Å². The molecule has 74 valence electrons. The van der Waals surface area contributed by atoms with Gasteiger partial charge in [0.1, 0.15) is 6.04 Å². The van der Waals surface area contributed by atoms with Crippen molar-refractivity contribution < 1.29 is 14.7 Å². The molecule has 0 spiro atoms. The van der Waals surface area contributed by atoms with E-state index in [1.165, 1.54) is 5.01 Å². The van der Waals surface area contributed by atoms with Gasteiger partial charge in [-0.3, -0.25) is 15.0 Å². The molecule has 1 aliphatic rings. The van der Waals surface area contributed by atoms with Gasteiger partial charge in [0.15, 0.2) is 0 Å². The van der Waals surface area contributed by atoms with Gasteiger partial charge in [0.2, 0.25) is 5.91 Å². The summed E-state index contributed by atoms with van der Waals surface area (Å²) in [6.07, 6.45) is 0.0576. The molecule has 2 N–H and O–H groups in total. The molecule has 1 heterocycles. The number of aliphatic carboxylic acids is 1. The van der Waals surface area contributed by atoms with Crippen LogP contribution in [0.3, 0.4) is 0 Å². The summed E-state index contributed by atoms with van der Waals surface area (Å²) in [6.45, 7) is 4.52. The lowest BCUT2D eigenvalue weighted by Crippen LogP contribution is -2.44. The Balaban J connectivity index is 2.60. The van der Waals surface area contributed by atoms with Gasteiger partial charge in [0.25, 0.3) is 0 Å². The number of hydrogen-bond acceptors (Lipinski definition) is 3. The van der Waals surface area contributed by atoms with Crippen molar-refractivity contribution in [1.29, 1.82) is 0 Å². The van der Waals surface area contributed by atoms with Crippen LogP contribution in [0.5, 0.6) is 0 Å². The molecule has 0 saturated carbocycles. The SMILES string of the molecule is CC(C)CN1NC(=O)CC1C(=O)O. The zero-order chi connectivity index (χ0) is 10.0. The predicted molar refractivity (Wildman–Crippen MR) is 45.7 cm³/mol. The lowest BCUT2D eigenvalue weighted by molar-refractivity contribution is -0.143. The smallest absolute Gasteiger partial charge is 0.323 e. The second-order valence-corrected chi connectivity index (χ2v) is 3.64. The molecular weight excluding hydrogens is 172 g/mol. The van der Waals surface area contributed by atoms with Gasteiger partial charge in [-0.05, 0) is 5.92 Å². The van der Waals surface area contributed by atoms with E-state index >= 15 is 0 Å². The van der Waals surface area contributed by atoms with E-state index in [2.05, 4.69) is 5.43 Å². The first-order chi connectivity index (χ1) is 6.00. The minimum Gasteiger partial charge on any atom is -0.480 e. The van der Waals surface area contributed by atoms with Crippen molar-refractivity contribution in [1.82, 2.24) is 10.4 Å². The lowest BCUT2D eigenvalue weighted by Gasteiger charge is -2.21. The Bertz CT molecular complexity index is 227. The van der Waals surface area contributed by atoms with Gasteiger partial charge in [-0.1, -0.05) is 13.8 Å². The maximum Gasteiger partial charge on any atom is 0.323 e. The molecule has 1 saturated heterocycles. The maximum atomic E-state index is 10.9. The van der Waals surface area contributed by atoms with Crippen LogP contribution in [0.4, 0.5) is 0 Å². The number of carboxylic acids is 1. The van der Waals surface area contributed by atoms with Crippen molar-refractivity contribution in [3.63, 3.8) is 0 Å². The number of nitrogens with one attached hydrogen (secondary N) is 1. The Hall–Kier alpha value is -1.10. The Morgan fingerprint density at radius 3 is 2.85 bits per heavy atom. The molecule has 13 heavy (non-hydrogen) atoms. The summed E-state index contributed by atoms with van der Waals surface area (Å²) in [6, 6.07) is -0.699. The zero-order valence-electron chi connectivity index (χ0n) is 7.78. The highest BCUT2D eigenvalue weighted by molar-refractivity contribution is 5.87. The topological polar surface area (TPSA) is 69.6 Å². The second kappa shape index (κ2) is 3.74. The third-order valence-corrected chi connectivity index (χ3v) is 1.87. The monoisotopic (exact) mass is 186 g/mol. The zero-order valence-corrected chi connectivity index (χ0v) is 7.78. The predicted octanol–water partition coefficient (Wildman–Crippen LogP) is -0.168. The first-order valence-electron chi connectivity index (χ1n) is 4.29. The van der Waals surface area contributed by atoms with Crippen LogP contribution >= 0.6 is 0 Å². The number of carboxylic acid groups (broad SMARTS) is 1. The number of hydrogen-bond donors (Lipinski definition) is 2. The first-order valence-corrected chi connectivity index (χ1v) is 4.29. The van der Waals surface area contributed by atoms with Gasteiger partial charge in [0.05, 0.1) is 6.42 Å². The van der Waals surface area contributed by atoms with E-state index in [-0.39, 0.29) is 12.3 Å². The van der Waals surface area contributed by atoms with Crippen molar-refractivity contribution in [3.05, 3.63) is 0 Å². The standard InChI is InChI=1S/C8H14N2O3/c1-5(2)4-10-6(8(12)13)3-7(11)9-10/h5-6H,3-4H2,1-2H3,(H,9,11)(H,12,13). The van der Waals surface area contributed by atoms with Gasteiger partial charge in [-0.25, -0.2) is 5.01 Å². The highest BCUT2D eigenvalue weighted by Gasteiger charge is 2.35. The van der Waals surface area contributed by atoms with E-state index in [0.717, 1.165) is 0 Å². The van der Waals surface area contributed by atoms with Crippen LogP contribution in [0.25, 0.3) is 0 Å². The van der Waals surface area contributed by atoms with Gasteiger partial charge in [-0.15, -0.1) is 0 Å². The number of amides is 1. The van der Waals surface area contributed by atoms with E-state index in [9.17, 15) is 9.59 Å². The summed E-state index contributed by atoms with van der Waals surface area (Å²) < 4.78 is 0. The molecule has 1 rings (SSSR count). The minimum absolute atomic E-state index is 0.0576. The number of nitrogens with zero attached hydrogens (tertiary/aromatic N) is 1. The van der Waals surface area contributed by atoms with E-state index in [4.69, 9.17) is 5.11 Å². The number of rotatable bonds is 3. The van der Waals surface area contributed by atoms with Crippen LogP contribution in [-0.4, -0.2) is 34.6 Å². The van der Waals surface area contributed by atoms with Crippen LogP contribution in [-0.2, 0) is 9.59 Å². The molecule has 0 radical (unpaired) electrons. The third-order valence-electron chi connectivity index (χ3n) is 1.87. The number of carbonyl (C=O) groups is 2. The molecule has 1 amide bonds. The molecule has 5 heteroatoms. The Morgan fingerprint density at radius 2 is 2.38 bits per heavy atom. The first kappa shape index (κ1) is 9.98. The van der Waals surface area contributed by atoms with Crippen molar-refractivity contribution in [2.24, 2.45) is 5.92 Å². The van der Waals surface area contributed by atoms with Crippen molar-refractivity contribution in [2.75, 3.05) is 6.54 Å². The van der Waals surface area contributed by atoms with Gasteiger partial charge < -0.3 is 5.11 Å². The molecular formula is C8H14N2O3. The molecule has 0 bridgehead atoms. The molecule has 0 aliphatic carbocycles. The molecule has 1 fully saturated rings. The lowest BCUT2D eigenvalue weighted by atomic mass is 10.2. The highest BCUT2D eigenvalue weighted by atomic mass is 16.4. The van der Waals surface area contributed by atoms with E-state index in [0.29, 0.717) is 12.5 Å². The Morgan fingerprint density at radius 1 is 1.77 bits per heavy atom. The molecule has 1 aliphatic heterocycles. The number of hydrazine groups is 1. The average Bonchev–Trinajstić information content (AvgIpc) is 2.29. The number of carbonyl (C=O) groups excluding carboxylic acids is 1. The summed E-state index contributed by atoms with van der Waals surface area (Å²) in [4.78, 5) is 21.6. The highest BCUT2D eigenvalue weighted by Crippen LogP contribution is 2.11. The fourth-order valence-corrected chi connectivity index (χ4v) is 1.36. The molecule has 0 aromatic heterocycles. The third kappa shape index (κ3) is 2.42. The average molecular weight is 186 g/mol. The maximum absolute atomic E-state index is 10.9. The van der Waals surface area contributed by atoms with Crippen LogP contribution in [0, 0.1) is 5.92 Å². The fraction of sp³-hybridized carbons (Fsp3) is 0.750. The van der Waals surface area contributed by atoms with Crippen LogP contribution in [0.2, 0.25) is 0 Å². The van der Waals surface area contributed by atoms with E-state index < -0.39 is 12.0 Å². The van der Waals surface area contributed by atoms with Crippen molar-refractivity contribution >= 4 is 11.9 Å². The Kier molecular flexibility index (Phi) is 2.87. The summed E-state index contributed by atoms with van der Waals surface area (Å²) in [7, 11) is 0. The van der Waals surface area contributed by atoms with Gasteiger partial charge >= 0.3 is 5.97 Å². The molecule has 1 unspecified atom stereocenters. The van der Waals surface area contributed by atoms with E-state index in [1.807, 2.05) is 13.8 Å².